The third-order valence-corrected chi connectivity index (χ3v) is 2.28. The molecule has 1 unspecified atom stereocenters. The summed E-state index contributed by atoms with van der Waals surface area (Å²) in [4.78, 5) is 0. The summed E-state index contributed by atoms with van der Waals surface area (Å²) in [6.07, 6.45) is 4.47. The molecule has 0 bridgehead atoms. The van der Waals surface area contributed by atoms with Crippen LogP contribution >= 0.6 is 0 Å². The number of nitrogens with one attached hydrogen (secondary N) is 1. The van der Waals surface area contributed by atoms with Crippen LogP contribution < -0.4 is 5.32 Å². The molecule has 0 amide bonds. The summed E-state index contributed by atoms with van der Waals surface area (Å²) in [5, 5.41) is 12.9. The molecule has 0 saturated heterocycles. The van der Waals surface area contributed by atoms with Gasteiger partial charge in [-0.25, -0.2) is 0 Å². The van der Waals surface area contributed by atoms with Crippen molar-refractivity contribution in [1.82, 2.24) is 5.32 Å². The van der Waals surface area contributed by atoms with Gasteiger partial charge in [-0.15, -0.1) is 0 Å². The predicted octanol–water partition coefficient (Wildman–Crippen LogP) is 1.53. The zero-order chi connectivity index (χ0) is 8.27. The normalized spacial score (nSPS) is 32.7. The van der Waals surface area contributed by atoms with Gasteiger partial charge in [0.15, 0.2) is 0 Å². The highest BCUT2D eigenvalue weighted by atomic mass is 16.3. The van der Waals surface area contributed by atoms with E-state index in [0.717, 1.165) is 12.8 Å². The van der Waals surface area contributed by atoms with Crippen LogP contribution in [0.2, 0.25) is 0 Å². The maximum Gasteiger partial charge on any atom is 0.0693 e. The van der Waals surface area contributed by atoms with Gasteiger partial charge in [0.1, 0.15) is 0 Å². The SMILES string of the molecule is CC(C)NC1CCCC[C@@H]1O.[HH]. The fourth-order valence-corrected chi connectivity index (χ4v) is 1.73. The maximum atomic E-state index is 9.56. The van der Waals surface area contributed by atoms with Crippen molar-refractivity contribution in [2.75, 3.05) is 0 Å². The number of aliphatic hydroxyl groups is 1. The van der Waals surface area contributed by atoms with Crippen molar-refractivity contribution in [1.29, 1.82) is 0 Å². The van der Waals surface area contributed by atoms with Crippen molar-refractivity contribution in [2.24, 2.45) is 0 Å². The van der Waals surface area contributed by atoms with E-state index in [-0.39, 0.29) is 7.53 Å². The van der Waals surface area contributed by atoms with Crippen molar-refractivity contribution in [2.45, 2.75) is 57.7 Å². The first-order valence-corrected chi connectivity index (χ1v) is 4.64. The topological polar surface area (TPSA) is 32.3 Å². The molecule has 0 heterocycles. The molecule has 0 aromatic carbocycles. The Balaban J connectivity index is 0.00000121. The molecule has 2 atom stereocenters. The summed E-state index contributed by atoms with van der Waals surface area (Å²) in [5.41, 5.74) is 0. The molecule has 0 spiro atoms. The van der Waals surface area contributed by atoms with E-state index in [1.54, 1.807) is 0 Å². The first-order valence-electron chi connectivity index (χ1n) is 4.64. The van der Waals surface area contributed by atoms with Crippen LogP contribution in [0.4, 0.5) is 0 Å². The number of rotatable bonds is 2. The molecule has 1 fully saturated rings. The van der Waals surface area contributed by atoms with E-state index in [9.17, 15) is 5.11 Å². The zero-order valence-corrected chi connectivity index (χ0v) is 7.51. The van der Waals surface area contributed by atoms with E-state index < -0.39 is 0 Å². The summed E-state index contributed by atoms with van der Waals surface area (Å²) in [6, 6.07) is 0.844. The minimum Gasteiger partial charge on any atom is -0.392 e. The number of hydrogen-bond donors (Lipinski definition) is 2. The molecule has 0 aromatic rings. The summed E-state index contributed by atoms with van der Waals surface area (Å²) >= 11 is 0. The van der Waals surface area contributed by atoms with Crippen molar-refractivity contribution >= 4 is 0 Å². The van der Waals surface area contributed by atoms with Gasteiger partial charge in [0, 0.05) is 13.5 Å². The summed E-state index contributed by atoms with van der Waals surface area (Å²) < 4.78 is 0. The van der Waals surface area contributed by atoms with Crippen molar-refractivity contribution in [3.05, 3.63) is 0 Å². The second-order valence-electron chi connectivity index (χ2n) is 3.78. The molecule has 1 aliphatic rings. The Labute approximate surface area is 70.5 Å². The molecule has 0 radical (unpaired) electrons. The maximum absolute atomic E-state index is 9.56. The number of aliphatic hydroxyl groups excluding tert-OH is 1. The van der Waals surface area contributed by atoms with E-state index in [2.05, 4.69) is 19.2 Å². The van der Waals surface area contributed by atoms with Crippen LogP contribution in [-0.4, -0.2) is 23.3 Å². The first-order chi connectivity index (χ1) is 5.20. The Bertz CT molecular complexity index is 119. The molecular weight excluding hydrogens is 138 g/mol. The molecule has 1 saturated carbocycles. The quantitative estimate of drug-likeness (QED) is 0.640. The van der Waals surface area contributed by atoms with Crippen LogP contribution in [-0.2, 0) is 0 Å². The molecule has 0 aromatic heterocycles. The fraction of sp³-hybridized carbons (Fsp3) is 1.00. The van der Waals surface area contributed by atoms with E-state index in [1.165, 1.54) is 12.8 Å². The smallest absolute Gasteiger partial charge is 0.0693 e. The number of hydrogen-bond acceptors (Lipinski definition) is 2. The van der Waals surface area contributed by atoms with Crippen LogP contribution in [0.5, 0.6) is 0 Å². The molecule has 1 aliphatic carbocycles. The zero-order valence-electron chi connectivity index (χ0n) is 7.51. The largest absolute Gasteiger partial charge is 0.392 e. The van der Waals surface area contributed by atoms with Gasteiger partial charge in [0.05, 0.1) is 6.10 Å². The van der Waals surface area contributed by atoms with Gasteiger partial charge >= 0.3 is 0 Å². The highest BCUT2D eigenvalue weighted by molar-refractivity contribution is 4.81. The second kappa shape index (κ2) is 4.07. The standard InChI is InChI=1S/C9H19NO.H2/c1-7(2)10-8-5-3-4-6-9(8)11;/h7-11H,3-6H2,1-2H3;1H/t8?,9-;/m0./s1. The van der Waals surface area contributed by atoms with Gasteiger partial charge in [0.2, 0.25) is 0 Å². The fourth-order valence-electron chi connectivity index (χ4n) is 1.73. The van der Waals surface area contributed by atoms with Crippen molar-refractivity contribution in [3.63, 3.8) is 0 Å². The summed E-state index contributed by atoms with van der Waals surface area (Å²) in [6.45, 7) is 4.25. The van der Waals surface area contributed by atoms with Crippen molar-refractivity contribution < 1.29 is 6.53 Å². The lowest BCUT2D eigenvalue weighted by Crippen LogP contribution is -2.45. The Morgan fingerprint density at radius 1 is 1.36 bits per heavy atom. The highest BCUT2D eigenvalue weighted by Gasteiger charge is 2.22. The molecule has 2 heteroatoms. The van der Waals surface area contributed by atoms with E-state index in [1.807, 2.05) is 0 Å². The van der Waals surface area contributed by atoms with Gasteiger partial charge in [0.25, 0.3) is 0 Å². The third kappa shape index (κ3) is 2.80. The molecule has 0 aliphatic heterocycles. The lowest BCUT2D eigenvalue weighted by molar-refractivity contribution is 0.0871. The van der Waals surface area contributed by atoms with Gasteiger partial charge in [-0.1, -0.05) is 26.7 Å². The third-order valence-electron chi connectivity index (χ3n) is 2.28. The summed E-state index contributed by atoms with van der Waals surface area (Å²) in [5.74, 6) is 0. The molecule has 2 nitrogen and oxygen atoms in total. The van der Waals surface area contributed by atoms with E-state index in [0.29, 0.717) is 12.1 Å². The van der Waals surface area contributed by atoms with Crippen LogP contribution in [0.1, 0.15) is 41.0 Å². The minimum atomic E-state index is -0.105. The summed E-state index contributed by atoms with van der Waals surface area (Å²) in [7, 11) is 0. The van der Waals surface area contributed by atoms with Gasteiger partial charge < -0.3 is 10.4 Å². The monoisotopic (exact) mass is 159 g/mol. The Morgan fingerprint density at radius 2 is 2.00 bits per heavy atom. The van der Waals surface area contributed by atoms with Gasteiger partial charge in [-0.2, -0.15) is 0 Å². The van der Waals surface area contributed by atoms with E-state index in [4.69, 9.17) is 0 Å². The Morgan fingerprint density at radius 3 is 2.55 bits per heavy atom. The van der Waals surface area contributed by atoms with Crippen LogP contribution in [0.25, 0.3) is 0 Å². The van der Waals surface area contributed by atoms with Gasteiger partial charge in [-0.05, 0) is 12.8 Å². The molecule has 11 heavy (non-hydrogen) atoms. The highest BCUT2D eigenvalue weighted by Crippen LogP contribution is 2.18. The van der Waals surface area contributed by atoms with Crippen molar-refractivity contribution in [3.8, 4) is 0 Å². The van der Waals surface area contributed by atoms with Crippen LogP contribution in [0, 0.1) is 0 Å². The lowest BCUT2D eigenvalue weighted by Gasteiger charge is -2.30. The average molecular weight is 159 g/mol. The molecular formula is C9H21NO. The van der Waals surface area contributed by atoms with Gasteiger partial charge in [-0.3, -0.25) is 0 Å². The predicted molar refractivity (Wildman–Crippen MR) is 48.6 cm³/mol. The van der Waals surface area contributed by atoms with E-state index >= 15 is 0 Å². The minimum absolute atomic E-state index is 0. The lowest BCUT2D eigenvalue weighted by atomic mass is 9.92. The first kappa shape index (κ1) is 9.01. The Kier molecular flexibility index (Phi) is 3.34. The van der Waals surface area contributed by atoms with Crippen LogP contribution in [0.3, 0.4) is 0 Å². The second-order valence-corrected chi connectivity index (χ2v) is 3.78. The van der Waals surface area contributed by atoms with Crippen LogP contribution in [0.15, 0.2) is 0 Å². The molecule has 68 valence electrons. The molecule has 1 rings (SSSR count). The average Bonchev–Trinajstić information content (AvgIpc) is 1.93. The molecule has 2 N–H and O–H groups in total. The Hall–Kier alpha value is -0.0800.